The van der Waals surface area contributed by atoms with Crippen LogP contribution < -0.4 is 4.74 Å². The molecule has 0 saturated heterocycles. The second kappa shape index (κ2) is 7.12. The topological polar surface area (TPSA) is 9.23 Å². The van der Waals surface area contributed by atoms with E-state index >= 15 is 0 Å². The monoisotopic (exact) mass is 259 g/mol. The van der Waals surface area contributed by atoms with Gasteiger partial charge in [-0.2, -0.15) is 0 Å². The van der Waals surface area contributed by atoms with Crippen molar-refractivity contribution in [3.8, 4) is 5.75 Å². The highest BCUT2D eigenvalue weighted by Gasteiger charge is 2.05. The predicted octanol–water partition coefficient (Wildman–Crippen LogP) is 4.10. The summed E-state index contributed by atoms with van der Waals surface area (Å²) >= 11 is 1.24. The van der Waals surface area contributed by atoms with E-state index in [-0.39, 0.29) is 0 Å². The maximum absolute atomic E-state index is 5.65. The molecule has 0 spiro atoms. The Morgan fingerprint density at radius 2 is 1.56 bits per heavy atom. The van der Waals surface area contributed by atoms with Crippen LogP contribution in [0.3, 0.4) is 0 Å². The number of benzene rings is 2. The standard InChI is InChI=1S/C16H18OS/c1-2-3-13-17-14-9-11-16(12-10-14)18-15-7-5-4-6-8-15/h4-12H,2-3,13H2,1H3/p+1. The molecule has 0 unspecified atom stereocenters. The van der Waals surface area contributed by atoms with Crippen LogP contribution in [0.5, 0.6) is 5.75 Å². The zero-order valence-electron chi connectivity index (χ0n) is 10.7. The number of hydrogen-bond acceptors (Lipinski definition) is 1. The summed E-state index contributed by atoms with van der Waals surface area (Å²) < 4.78 is 5.65. The van der Waals surface area contributed by atoms with Crippen molar-refractivity contribution in [1.82, 2.24) is 0 Å². The van der Waals surface area contributed by atoms with E-state index in [4.69, 9.17) is 4.74 Å². The molecular formula is C16H19OS+. The molecule has 0 heterocycles. The van der Waals surface area contributed by atoms with Crippen LogP contribution in [-0.4, -0.2) is 6.61 Å². The average Bonchev–Trinajstić information content (AvgIpc) is 2.42. The lowest BCUT2D eigenvalue weighted by atomic mass is 10.3. The summed E-state index contributed by atoms with van der Waals surface area (Å²) in [6.07, 6.45) is 2.29. The Bertz CT molecular complexity index is 450. The van der Waals surface area contributed by atoms with Crippen LogP contribution in [0, 0.1) is 0 Å². The second-order valence-electron chi connectivity index (χ2n) is 4.14. The first kappa shape index (κ1) is 13.0. The molecule has 94 valence electrons. The van der Waals surface area contributed by atoms with Gasteiger partial charge in [-0.1, -0.05) is 31.5 Å². The summed E-state index contributed by atoms with van der Waals surface area (Å²) in [6.45, 7) is 2.98. The van der Waals surface area contributed by atoms with E-state index in [1.54, 1.807) is 0 Å². The fraction of sp³-hybridized carbons (Fsp3) is 0.250. The Hall–Kier alpha value is -1.41. The molecule has 2 rings (SSSR count). The van der Waals surface area contributed by atoms with Crippen molar-refractivity contribution in [1.29, 1.82) is 0 Å². The van der Waals surface area contributed by atoms with Crippen molar-refractivity contribution in [2.45, 2.75) is 29.6 Å². The molecule has 0 fully saturated rings. The summed E-state index contributed by atoms with van der Waals surface area (Å²) in [6, 6.07) is 18.9. The van der Waals surface area contributed by atoms with Gasteiger partial charge in [0.15, 0.2) is 9.79 Å². The van der Waals surface area contributed by atoms with E-state index in [1.807, 2.05) is 6.07 Å². The van der Waals surface area contributed by atoms with Crippen LogP contribution in [0.15, 0.2) is 64.4 Å². The van der Waals surface area contributed by atoms with E-state index in [2.05, 4.69) is 55.5 Å². The van der Waals surface area contributed by atoms with Gasteiger partial charge in [-0.05, 0) is 42.8 Å². The predicted molar refractivity (Wildman–Crippen MR) is 78.6 cm³/mol. The molecule has 1 nitrogen and oxygen atoms in total. The third-order valence-electron chi connectivity index (χ3n) is 2.62. The summed E-state index contributed by atoms with van der Waals surface area (Å²) in [4.78, 5) is 2.61. The van der Waals surface area contributed by atoms with Gasteiger partial charge in [-0.15, -0.1) is 0 Å². The molecule has 0 saturated carbocycles. The zero-order chi connectivity index (χ0) is 12.6. The maximum atomic E-state index is 5.65. The molecule has 18 heavy (non-hydrogen) atoms. The summed E-state index contributed by atoms with van der Waals surface area (Å²) in [5.74, 6) is 0.968. The molecule has 0 N–H and O–H groups in total. The van der Waals surface area contributed by atoms with Gasteiger partial charge in [-0.25, -0.2) is 0 Å². The van der Waals surface area contributed by atoms with Gasteiger partial charge in [-0.3, -0.25) is 0 Å². The van der Waals surface area contributed by atoms with Crippen molar-refractivity contribution < 1.29 is 4.74 Å². The van der Waals surface area contributed by atoms with Crippen LogP contribution in [-0.2, 0) is 11.8 Å². The minimum absolute atomic E-state index is 0.812. The molecule has 0 aromatic heterocycles. The van der Waals surface area contributed by atoms with E-state index < -0.39 is 0 Å². The van der Waals surface area contributed by atoms with Crippen molar-refractivity contribution in [2.24, 2.45) is 0 Å². The lowest BCUT2D eigenvalue weighted by molar-refractivity contribution is 0.309. The van der Waals surface area contributed by atoms with Crippen LogP contribution in [0.4, 0.5) is 0 Å². The minimum atomic E-state index is 0.812. The lowest BCUT2D eigenvalue weighted by Gasteiger charge is -2.04. The lowest BCUT2D eigenvalue weighted by Crippen LogP contribution is -1.96. The quantitative estimate of drug-likeness (QED) is 0.431. The van der Waals surface area contributed by atoms with Gasteiger partial charge in [0.25, 0.3) is 0 Å². The van der Waals surface area contributed by atoms with Crippen molar-refractivity contribution >= 4 is 11.8 Å². The molecule has 0 aliphatic carbocycles. The molecule has 0 bridgehead atoms. The highest BCUT2D eigenvalue weighted by atomic mass is 32.2. The number of hydrogen-bond donors (Lipinski definition) is 0. The van der Waals surface area contributed by atoms with Crippen molar-refractivity contribution in [2.75, 3.05) is 6.61 Å². The van der Waals surface area contributed by atoms with Gasteiger partial charge >= 0.3 is 0 Å². The summed E-state index contributed by atoms with van der Waals surface area (Å²) in [7, 11) is 0. The maximum Gasteiger partial charge on any atom is 0.158 e. The first-order valence-corrected chi connectivity index (χ1v) is 7.27. The highest BCUT2D eigenvalue weighted by Crippen LogP contribution is 2.17. The molecular weight excluding hydrogens is 240 g/mol. The number of ether oxygens (including phenoxy) is 1. The molecule has 0 radical (unpaired) electrons. The Labute approximate surface area is 113 Å². The van der Waals surface area contributed by atoms with Gasteiger partial charge < -0.3 is 4.74 Å². The minimum Gasteiger partial charge on any atom is -0.494 e. The third kappa shape index (κ3) is 4.11. The van der Waals surface area contributed by atoms with Crippen molar-refractivity contribution in [3.63, 3.8) is 0 Å². The molecule has 0 aliphatic heterocycles. The van der Waals surface area contributed by atoms with Gasteiger partial charge in [0.1, 0.15) is 5.75 Å². The highest BCUT2D eigenvalue weighted by molar-refractivity contribution is 7.78. The summed E-state index contributed by atoms with van der Waals surface area (Å²) in [5, 5.41) is 0. The average molecular weight is 259 g/mol. The van der Waals surface area contributed by atoms with Crippen molar-refractivity contribution in [3.05, 3.63) is 54.6 Å². The summed E-state index contributed by atoms with van der Waals surface area (Å²) in [5.41, 5.74) is 0. The van der Waals surface area contributed by atoms with E-state index in [9.17, 15) is 0 Å². The number of rotatable bonds is 6. The van der Waals surface area contributed by atoms with Gasteiger partial charge in [0.05, 0.1) is 6.61 Å². The van der Waals surface area contributed by atoms with Crippen LogP contribution >= 0.6 is 0 Å². The molecule has 2 heteroatoms. The number of unbranched alkanes of at least 4 members (excludes halogenated alkanes) is 1. The van der Waals surface area contributed by atoms with E-state index in [0.29, 0.717) is 0 Å². The first-order chi connectivity index (χ1) is 8.88. The largest absolute Gasteiger partial charge is 0.494 e. The fourth-order valence-electron chi connectivity index (χ4n) is 1.60. The van der Waals surface area contributed by atoms with Crippen LogP contribution in [0.1, 0.15) is 19.8 Å². The zero-order valence-corrected chi connectivity index (χ0v) is 11.6. The smallest absolute Gasteiger partial charge is 0.158 e. The fourth-order valence-corrected chi connectivity index (χ4v) is 2.52. The van der Waals surface area contributed by atoms with Crippen LogP contribution in [0.2, 0.25) is 0 Å². The Morgan fingerprint density at radius 3 is 2.22 bits per heavy atom. The van der Waals surface area contributed by atoms with Gasteiger partial charge in [0.2, 0.25) is 0 Å². The first-order valence-electron chi connectivity index (χ1n) is 6.38. The SMILES string of the molecule is CCCCOc1ccc([SH+]c2ccccc2)cc1. The normalized spacial score (nSPS) is 10.3. The Morgan fingerprint density at radius 1 is 0.889 bits per heavy atom. The number of thiol groups is 1. The van der Waals surface area contributed by atoms with Crippen LogP contribution in [0.25, 0.3) is 0 Å². The molecule has 2 aromatic carbocycles. The Balaban J connectivity index is 1.91. The Kier molecular flexibility index (Phi) is 5.15. The van der Waals surface area contributed by atoms with Gasteiger partial charge in [0, 0.05) is 11.8 Å². The van der Waals surface area contributed by atoms with E-state index in [1.165, 1.54) is 28.0 Å². The molecule has 2 aromatic rings. The third-order valence-corrected chi connectivity index (χ3v) is 3.73. The van der Waals surface area contributed by atoms with E-state index in [0.717, 1.165) is 18.8 Å². The second-order valence-corrected chi connectivity index (χ2v) is 5.40. The molecule has 0 aliphatic rings. The molecule has 0 amide bonds. The molecule has 0 atom stereocenters.